The number of urea groups is 1. The van der Waals surface area contributed by atoms with Crippen LogP contribution >= 0.6 is 0 Å². The minimum atomic E-state index is -0.254. The number of rotatable bonds is 4. The van der Waals surface area contributed by atoms with E-state index in [0.29, 0.717) is 11.6 Å². The number of anilines is 1. The Hall–Kier alpha value is -2.31. The summed E-state index contributed by atoms with van der Waals surface area (Å²) in [5, 5.41) is 8.35. The van der Waals surface area contributed by atoms with E-state index in [2.05, 4.69) is 20.9 Å². The number of hydrogen-bond donors (Lipinski definition) is 3. The monoisotopic (exact) mass is 306 g/mol. The van der Waals surface area contributed by atoms with E-state index in [1.165, 1.54) is 7.11 Å². The van der Waals surface area contributed by atoms with E-state index < -0.39 is 0 Å². The van der Waals surface area contributed by atoms with Crippen LogP contribution in [0.4, 0.5) is 10.5 Å². The summed E-state index contributed by atoms with van der Waals surface area (Å²) in [4.78, 5) is 27.5. The van der Waals surface area contributed by atoms with Gasteiger partial charge in [0.1, 0.15) is 0 Å². The first kappa shape index (κ1) is 16.1. The molecule has 1 aliphatic carbocycles. The van der Waals surface area contributed by atoms with Crippen molar-refractivity contribution in [3.05, 3.63) is 18.3 Å². The van der Waals surface area contributed by atoms with E-state index in [9.17, 15) is 9.59 Å². The van der Waals surface area contributed by atoms with Gasteiger partial charge in [-0.1, -0.05) is 0 Å². The Morgan fingerprint density at radius 1 is 1.23 bits per heavy atom. The second kappa shape index (κ2) is 7.63. The van der Waals surface area contributed by atoms with Crippen LogP contribution in [0.15, 0.2) is 18.3 Å². The van der Waals surface area contributed by atoms with Crippen molar-refractivity contribution in [1.29, 1.82) is 0 Å². The molecule has 1 aliphatic rings. The quantitative estimate of drug-likeness (QED) is 0.786. The van der Waals surface area contributed by atoms with E-state index in [-0.39, 0.29) is 23.9 Å². The molecule has 0 spiro atoms. The van der Waals surface area contributed by atoms with Gasteiger partial charge in [0.15, 0.2) is 0 Å². The first-order chi connectivity index (χ1) is 10.6. The van der Waals surface area contributed by atoms with E-state index in [1.54, 1.807) is 25.4 Å². The Bertz CT molecular complexity index is 510. The van der Waals surface area contributed by atoms with E-state index in [4.69, 9.17) is 4.74 Å². The van der Waals surface area contributed by atoms with Gasteiger partial charge < -0.3 is 20.7 Å². The highest BCUT2D eigenvalue weighted by molar-refractivity contribution is 5.89. The zero-order chi connectivity index (χ0) is 15.9. The summed E-state index contributed by atoms with van der Waals surface area (Å²) in [6.45, 7) is 0. The fourth-order valence-corrected chi connectivity index (χ4v) is 2.63. The Morgan fingerprint density at radius 2 is 1.95 bits per heavy atom. The Balaban J connectivity index is 1.77. The van der Waals surface area contributed by atoms with Crippen LogP contribution < -0.4 is 20.7 Å². The molecule has 2 rings (SSSR count). The molecule has 1 aromatic rings. The van der Waals surface area contributed by atoms with Crippen molar-refractivity contribution >= 4 is 17.6 Å². The van der Waals surface area contributed by atoms with Crippen LogP contribution in [-0.2, 0) is 4.79 Å². The molecule has 0 aliphatic heterocycles. The van der Waals surface area contributed by atoms with Gasteiger partial charge in [-0.2, -0.15) is 0 Å². The Morgan fingerprint density at radius 3 is 2.50 bits per heavy atom. The van der Waals surface area contributed by atoms with Crippen LogP contribution in [0.2, 0.25) is 0 Å². The van der Waals surface area contributed by atoms with Crippen LogP contribution in [-0.4, -0.2) is 37.1 Å². The van der Waals surface area contributed by atoms with Gasteiger partial charge in [-0.3, -0.25) is 4.79 Å². The standard InChI is InChI=1S/C15H22N4O3/c1-16-14(20)10-3-5-11(6-4-10)18-15(21)19-12-7-8-13(22-2)17-9-12/h7-11H,3-6H2,1-2H3,(H,16,20)(H2,18,19,21). The third kappa shape index (κ3) is 4.34. The van der Waals surface area contributed by atoms with Crippen molar-refractivity contribution in [2.45, 2.75) is 31.7 Å². The summed E-state index contributed by atoms with van der Waals surface area (Å²) in [5.41, 5.74) is 0.609. The normalized spacial score (nSPS) is 20.8. The van der Waals surface area contributed by atoms with Crippen LogP contribution in [0.1, 0.15) is 25.7 Å². The molecule has 1 saturated carbocycles. The average molecular weight is 306 g/mol. The van der Waals surface area contributed by atoms with Gasteiger partial charge in [0, 0.05) is 25.1 Å². The fourth-order valence-electron chi connectivity index (χ4n) is 2.63. The van der Waals surface area contributed by atoms with Crippen LogP contribution in [0, 0.1) is 5.92 Å². The third-order valence-electron chi connectivity index (χ3n) is 3.88. The van der Waals surface area contributed by atoms with Gasteiger partial charge in [0.2, 0.25) is 11.8 Å². The Kier molecular flexibility index (Phi) is 5.57. The maximum absolute atomic E-state index is 11.9. The minimum absolute atomic E-state index is 0.0666. The Labute approximate surface area is 129 Å². The summed E-state index contributed by atoms with van der Waals surface area (Å²) in [5.74, 6) is 0.655. The summed E-state index contributed by atoms with van der Waals surface area (Å²) >= 11 is 0. The van der Waals surface area contributed by atoms with Crippen molar-refractivity contribution in [2.24, 2.45) is 5.92 Å². The number of nitrogens with one attached hydrogen (secondary N) is 3. The second-order valence-corrected chi connectivity index (χ2v) is 5.35. The lowest BCUT2D eigenvalue weighted by Gasteiger charge is -2.28. The fraction of sp³-hybridized carbons (Fsp3) is 0.533. The van der Waals surface area contributed by atoms with Gasteiger partial charge in [-0.05, 0) is 31.7 Å². The smallest absolute Gasteiger partial charge is 0.319 e. The highest BCUT2D eigenvalue weighted by Gasteiger charge is 2.26. The largest absolute Gasteiger partial charge is 0.481 e. The van der Waals surface area contributed by atoms with Crippen molar-refractivity contribution < 1.29 is 14.3 Å². The van der Waals surface area contributed by atoms with Gasteiger partial charge in [0.25, 0.3) is 0 Å². The zero-order valence-corrected chi connectivity index (χ0v) is 12.9. The number of ether oxygens (including phenoxy) is 1. The summed E-state index contributed by atoms with van der Waals surface area (Å²) in [6, 6.07) is 3.26. The van der Waals surface area contributed by atoms with Gasteiger partial charge in [0.05, 0.1) is 19.0 Å². The van der Waals surface area contributed by atoms with Crippen molar-refractivity contribution in [3.8, 4) is 5.88 Å². The minimum Gasteiger partial charge on any atom is -0.481 e. The SMILES string of the molecule is CNC(=O)C1CCC(NC(=O)Nc2ccc(OC)nc2)CC1. The lowest BCUT2D eigenvalue weighted by molar-refractivity contribution is -0.125. The predicted octanol–water partition coefficient (Wildman–Crippen LogP) is 1.52. The molecule has 0 unspecified atom stereocenters. The molecular formula is C15H22N4O3. The number of carbonyl (C=O) groups is 2. The molecule has 0 saturated heterocycles. The van der Waals surface area contributed by atoms with Gasteiger partial charge in [-0.15, -0.1) is 0 Å². The number of nitrogens with zero attached hydrogens (tertiary/aromatic N) is 1. The second-order valence-electron chi connectivity index (χ2n) is 5.35. The summed E-state index contributed by atoms with van der Waals surface area (Å²) in [6.07, 6.45) is 4.77. The predicted molar refractivity (Wildman–Crippen MR) is 82.8 cm³/mol. The molecule has 0 bridgehead atoms. The molecule has 7 heteroatoms. The number of amides is 3. The summed E-state index contributed by atoms with van der Waals surface area (Å²) in [7, 11) is 3.19. The number of hydrogen-bond acceptors (Lipinski definition) is 4. The molecule has 7 nitrogen and oxygen atoms in total. The number of carbonyl (C=O) groups excluding carboxylic acids is 2. The molecule has 3 amide bonds. The molecular weight excluding hydrogens is 284 g/mol. The van der Waals surface area contributed by atoms with Crippen molar-refractivity contribution in [2.75, 3.05) is 19.5 Å². The van der Waals surface area contributed by atoms with Crippen molar-refractivity contribution in [1.82, 2.24) is 15.6 Å². The first-order valence-electron chi connectivity index (χ1n) is 7.41. The lowest BCUT2D eigenvalue weighted by atomic mass is 9.85. The molecule has 3 N–H and O–H groups in total. The third-order valence-corrected chi connectivity index (χ3v) is 3.88. The van der Waals surface area contributed by atoms with Crippen LogP contribution in [0.25, 0.3) is 0 Å². The average Bonchev–Trinajstić information content (AvgIpc) is 2.55. The number of pyridine rings is 1. The van der Waals surface area contributed by atoms with E-state index in [0.717, 1.165) is 25.7 Å². The summed E-state index contributed by atoms with van der Waals surface area (Å²) < 4.78 is 4.96. The van der Waals surface area contributed by atoms with Crippen LogP contribution in [0.5, 0.6) is 5.88 Å². The number of aromatic nitrogens is 1. The molecule has 0 aromatic carbocycles. The lowest BCUT2D eigenvalue weighted by Crippen LogP contribution is -2.42. The van der Waals surface area contributed by atoms with Crippen molar-refractivity contribution in [3.63, 3.8) is 0 Å². The molecule has 22 heavy (non-hydrogen) atoms. The molecule has 1 heterocycles. The zero-order valence-electron chi connectivity index (χ0n) is 12.9. The molecule has 120 valence electrons. The van der Waals surface area contributed by atoms with E-state index >= 15 is 0 Å². The number of methoxy groups -OCH3 is 1. The van der Waals surface area contributed by atoms with Gasteiger partial charge >= 0.3 is 6.03 Å². The van der Waals surface area contributed by atoms with Gasteiger partial charge in [-0.25, -0.2) is 9.78 Å². The topological polar surface area (TPSA) is 92.4 Å². The maximum Gasteiger partial charge on any atom is 0.319 e. The van der Waals surface area contributed by atoms with Crippen LogP contribution in [0.3, 0.4) is 0 Å². The highest BCUT2D eigenvalue weighted by atomic mass is 16.5. The molecule has 0 atom stereocenters. The van der Waals surface area contributed by atoms with E-state index in [1.807, 2.05) is 0 Å². The molecule has 1 aromatic heterocycles. The highest BCUT2D eigenvalue weighted by Crippen LogP contribution is 2.24. The first-order valence-corrected chi connectivity index (χ1v) is 7.41. The maximum atomic E-state index is 11.9. The molecule has 1 fully saturated rings. The molecule has 0 radical (unpaired) electrons.